The number of hydrogen-bond acceptors (Lipinski definition) is 3. The molecule has 0 aliphatic rings. The Balaban J connectivity index is 3.23. The Labute approximate surface area is 115 Å². The van der Waals surface area contributed by atoms with Gasteiger partial charge in [0.2, 0.25) is 10.0 Å². The lowest BCUT2D eigenvalue weighted by Crippen LogP contribution is -2.26. The molecule has 0 aromatic heterocycles. The Bertz CT molecular complexity index is 589. The molecular formula is C11H13ClFNO4S. The second-order valence-corrected chi connectivity index (χ2v) is 5.99. The van der Waals surface area contributed by atoms with E-state index in [0.717, 1.165) is 0 Å². The average Bonchev–Trinajstić information content (AvgIpc) is 2.31. The predicted molar refractivity (Wildman–Crippen MR) is 68.9 cm³/mol. The second-order valence-electron chi connectivity index (χ2n) is 3.82. The zero-order valence-corrected chi connectivity index (χ0v) is 11.7. The number of halogens is 2. The first-order valence-electron chi connectivity index (χ1n) is 5.38. The number of aromatic carboxylic acids is 1. The lowest BCUT2D eigenvalue weighted by atomic mass is 10.1. The van der Waals surface area contributed by atoms with E-state index in [-0.39, 0.29) is 34.0 Å². The molecule has 106 valence electrons. The summed E-state index contributed by atoms with van der Waals surface area (Å²) in [6.07, 6.45) is 0.0463. The maximum Gasteiger partial charge on any atom is 0.336 e. The Morgan fingerprint density at radius 2 is 2.11 bits per heavy atom. The molecule has 5 nitrogen and oxygen atoms in total. The maximum absolute atomic E-state index is 12.0. The third kappa shape index (κ3) is 3.89. The molecule has 0 bridgehead atoms. The van der Waals surface area contributed by atoms with E-state index in [4.69, 9.17) is 16.7 Å². The zero-order valence-electron chi connectivity index (χ0n) is 10.1. The summed E-state index contributed by atoms with van der Waals surface area (Å²) in [5, 5.41) is 8.98. The number of sulfonamides is 1. The van der Waals surface area contributed by atoms with Gasteiger partial charge < -0.3 is 5.11 Å². The Hall–Kier alpha value is -1.18. The molecule has 0 unspecified atom stereocenters. The highest BCUT2D eigenvalue weighted by Crippen LogP contribution is 2.24. The topological polar surface area (TPSA) is 83.5 Å². The van der Waals surface area contributed by atoms with Crippen molar-refractivity contribution in [3.63, 3.8) is 0 Å². The molecular weight excluding hydrogens is 297 g/mol. The summed E-state index contributed by atoms with van der Waals surface area (Å²) in [5.74, 6) is -1.26. The molecule has 0 atom stereocenters. The number of nitrogens with one attached hydrogen (secondary N) is 1. The summed E-state index contributed by atoms with van der Waals surface area (Å²) in [5.41, 5.74) is -0.0944. The van der Waals surface area contributed by atoms with Crippen LogP contribution in [0.25, 0.3) is 0 Å². The standard InChI is InChI=1S/C11H13ClFNO4S/c1-7-9(11(15)16)5-8(12)6-10(7)19(17,18)14-4-2-3-13/h5-6,14H,2-4H2,1H3,(H,15,16). The molecule has 1 aromatic rings. The van der Waals surface area contributed by atoms with Crippen molar-refractivity contribution in [1.82, 2.24) is 4.72 Å². The number of carbonyl (C=O) groups is 1. The highest BCUT2D eigenvalue weighted by molar-refractivity contribution is 7.89. The Kier molecular flexibility index (Phi) is 5.28. The highest BCUT2D eigenvalue weighted by atomic mass is 35.5. The summed E-state index contributed by atoms with van der Waals surface area (Å²) < 4.78 is 38.1. The summed E-state index contributed by atoms with van der Waals surface area (Å²) in [7, 11) is -3.91. The Morgan fingerprint density at radius 3 is 2.63 bits per heavy atom. The average molecular weight is 310 g/mol. The van der Waals surface area contributed by atoms with Gasteiger partial charge >= 0.3 is 5.97 Å². The fraction of sp³-hybridized carbons (Fsp3) is 0.364. The first-order chi connectivity index (χ1) is 8.79. The van der Waals surface area contributed by atoms with Gasteiger partial charge in [-0.1, -0.05) is 11.6 Å². The number of carboxylic acids is 1. The van der Waals surface area contributed by atoms with Crippen LogP contribution in [-0.2, 0) is 10.0 Å². The van der Waals surface area contributed by atoms with Gasteiger partial charge in [0.15, 0.2) is 0 Å². The van der Waals surface area contributed by atoms with Crippen molar-refractivity contribution in [2.24, 2.45) is 0 Å². The lowest BCUT2D eigenvalue weighted by Gasteiger charge is -2.11. The van der Waals surface area contributed by atoms with E-state index in [9.17, 15) is 17.6 Å². The van der Waals surface area contributed by atoms with E-state index in [0.29, 0.717) is 0 Å². The largest absolute Gasteiger partial charge is 0.478 e. The molecule has 0 fully saturated rings. The smallest absolute Gasteiger partial charge is 0.336 e. The van der Waals surface area contributed by atoms with Crippen LogP contribution in [0.4, 0.5) is 4.39 Å². The molecule has 19 heavy (non-hydrogen) atoms. The molecule has 0 radical (unpaired) electrons. The normalized spacial score (nSPS) is 11.5. The van der Waals surface area contributed by atoms with Crippen LogP contribution in [0, 0.1) is 6.92 Å². The van der Waals surface area contributed by atoms with Crippen molar-refractivity contribution in [2.45, 2.75) is 18.2 Å². The predicted octanol–water partition coefficient (Wildman–Crippen LogP) is 1.98. The van der Waals surface area contributed by atoms with E-state index in [1.54, 1.807) is 0 Å². The zero-order chi connectivity index (χ0) is 14.6. The van der Waals surface area contributed by atoms with Crippen molar-refractivity contribution in [3.8, 4) is 0 Å². The van der Waals surface area contributed by atoms with Crippen LogP contribution in [-0.4, -0.2) is 32.7 Å². The van der Waals surface area contributed by atoms with Gasteiger partial charge in [-0.25, -0.2) is 17.9 Å². The van der Waals surface area contributed by atoms with Crippen LogP contribution in [0.5, 0.6) is 0 Å². The molecule has 0 heterocycles. The van der Waals surface area contributed by atoms with Crippen LogP contribution in [0.3, 0.4) is 0 Å². The summed E-state index contributed by atoms with van der Waals surface area (Å²) in [6.45, 7) is 0.675. The number of alkyl halides is 1. The van der Waals surface area contributed by atoms with Gasteiger partial charge in [-0.15, -0.1) is 0 Å². The minimum absolute atomic E-state index is 0.00821. The fourth-order valence-electron chi connectivity index (χ4n) is 1.51. The third-order valence-corrected chi connectivity index (χ3v) is 4.25. The number of carboxylic acid groups (broad SMARTS) is 1. The van der Waals surface area contributed by atoms with Crippen LogP contribution < -0.4 is 4.72 Å². The van der Waals surface area contributed by atoms with Gasteiger partial charge in [0.1, 0.15) is 0 Å². The minimum atomic E-state index is -3.91. The van der Waals surface area contributed by atoms with E-state index in [1.165, 1.54) is 19.1 Å². The monoisotopic (exact) mass is 309 g/mol. The van der Waals surface area contributed by atoms with Gasteiger partial charge in [0, 0.05) is 11.6 Å². The van der Waals surface area contributed by atoms with E-state index >= 15 is 0 Å². The lowest BCUT2D eigenvalue weighted by molar-refractivity contribution is 0.0696. The highest BCUT2D eigenvalue weighted by Gasteiger charge is 2.21. The van der Waals surface area contributed by atoms with Crippen LogP contribution in [0.1, 0.15) is 22.3 Å². The van der Waals surface area contributed by atoms with Crippen LogP contribution >= 0.6 is 11.6 Å². The van der Waals surface area contributed by atoms with Gasteiger partial charge in [-0.2, -0.15) is 0 Å². The molecule has 0 spiro atoms. The first kappa shape index (κ1) is 15.9. The van der Waals surface area contributed by atoms with Crippen molar-refractivity contribution < 1.29 is 22.7 Å². The van der Waals surface area contributed by atoms with Gasteiger partial charge in [0.05, 0.1) is 17.1 Å². The van der Waals surface area contributed by atoms with Gasteiger partial charge in [-0.3, -0.25) is 4.39 Å². The SMILES string of the molecule is Cc1c(C(=O)O)cc(Cl)cc1S(=O)(=O)NCCCF. The fourth-order valence-corrected chi connectivity index (χ4v) is 3.15. The molecule has 1 aromatic carbocycles. The Morgan fingerprint density at radius 1 is 1.47 bits per heavy atom. The van der Waals surface area contributed by atoms with Crippen LogP contribution in [0.2, 0.25) is 5.02 Å². The van der Waals surface area contributed by atoms with Crippen molar-refractivity contribution in [1.29, 1.82) is 0 Å². The summed E-state index contributed by atoms with van der Waals surface area (Å²) in [4.78, 5) is 10.8. The molecule has 0 aliphatic heterocycles. The molecule has 0 aliphatic carbocycles. The number of rotatable bonds is 6. The maximum atomic E-state index is 12.0. The van der Waals surface area contributed by atoms with Crippen LogP contribution in [0.15, 0.2) is 17.0 Å². The molecule has 0 saturated heterocycles. The van der Waals surface area contributed by atoms with Gasteiger partial charge in [0.25, 0.3) is 0 Å². The number of hydrogen-bond donors (Lipinski definition) is 2. The van der Waals surface area contributed by atoms with Gasteiger partial charge in [-0.05, 0) is 31.0 Å². The molecule has 0 saturated carbocycles. The van der Waals surface area contributed by atoms with E-state index < -0.39 is 22.7 Å². The first-order valence-corrected chi connectivity index (χ1v) is 7.24. The quantitative estimate of drug-likeness (QED) is 0.787. The second kappa shape index (κ2) is 6.31. The molecule has 8 heteroatoms. The molecule has 1 rings (SSSR count). The molecule has 0 amide bonds. The minimum Gasteiger partial charge on any atom is -0.478 e. The van der Waals surface area contributed by atoms with E-state index in [2.05, 4.69) is 4.72 Å². The van der Waals surface area contributed by atoms with E-state index in [1.807, 2.05) is 0 Å². The summed E-state index contributed by atoms with van der Waals surface area (Å²) >= 11 is 5.72. The molecule has 2 N–H and O–H groups in total. The van der Waals surface area contributed by atoms with Crippen molar-refractivity contribution >= 4 is 27.6 Å². The van der Waals surface area contributed by atoms with Crippen molar-refractivity contribution in [2.75, 3.05) is 13.2 Å². The third-order valence-electron chi connectivity index (χ3n) is 2.45. The number of benzene rings is 1. The summed E-state index contributed by atoms with van der Waals surface area (Å²) in [6, 6.07) is 2.35. The van der Waals surface area contributed by atoms with Crippen molar-refractivity contribution in [3.05, 3.63) is 28.3 Å².